The van der Waals surface area contributed by atoms with Gasteiger partial charge in [-0.25, -0.2) is 0 Å². The second-order valence-corrected chi connectivity index (χ2v) is 3.78. The van der Waals surface area contributed by atoms with Gasteiger partial charge in [0.25, 0.3) is 0 Å². The Hall–Kier alpha value is -2.34. The summed E-state index contributed by atoms with van der Waals surface area (Å²) in [4.78, 5) is 0. The van der Waals surface area contributed by atoms with Crippen molar-refractivity contribution in [2.45, 2.75) is 13.1 Å². The zero-order valence-electron chi connectivity index (χ0n) is 9.71. The van der Waals surface area contributed by atoms with Crippen LogP contribution < -0.4 is 11.1 Å². The molecule has 0 radical (unpaired) electrons. The molecule has 0 saturated carbocycles. The van der Waals surface area contributed by atoms with E-state index in [1.807, 2.05) is 30.3 Å². The number of nitrogens with zero attached hydrogens (tertiary/aromatic N) is 2. The number of aromatic nitrogens is 1. The number of benzene rings is 1. The fourth-order valence-electron chi connectivity index (χ4n) is 1.51. The van der Waals surface area contributed by atoms with Crippen molar-refractivity contribution in [1.29, 1.82) is 0 Å². The third kappa shape index (κ3) is 3.08. The molecule has 6 heteroatoms. The van der Waals surface area contributed by atoms with Crippen molar-refractivity contribution in [2.24, 2.45) is 10.9 Å². The third-order valence-corrected chi connectivity index (χ3v) is 2.48. The lowest BCUT2D eigenvalue weighted by atomic mass is 10.1. The van der Waals surface area contributed by atoms with Crippen LogP contribution in [0.25, 0.3) is 0 Å². The number of nitrogens with one attached hydrogen (secondary N) is 1. The van der Waals surface area contributed by atoms with Crippen LogP contribution in [0.15, 0.2) is 46.3 Å². The second kappa shape index (κ2) is 5.83. The van der Waals surface area contributed by atoms with Gasteiger partial charge in [-0.05, 0) is 5.56 Å². The summed E-state index contributed by atoms with van der Waals surface area (Å²) in [7, 11) is 0. The maximum absolute atomic E-state index is 8.54. The van der Waals surface area contributed by atoms with E-state index < -0.39 is 0 Å². The highest BCUT2D eigenvalue weighted by Crippen LogP contribution is 2.04. The first-order chi connectivity index (χ1) is 8.79. The van der Waals surface area contributed by atoms with E-state index in [0.29, 0.717) is 18.7 Å². The SMILES string of the molecule is N/C(=N/O)c1ccc(CNCc2ccon2)cc1. The molecule has 0 fully saturated rings. The van der Waals surface area contributed by atoms with Crippen molar-refractivity contribution in [3.8, 4) is 0 Å². The predicted molar refractivity (Wildman–Crippen MR) is 66.0 cm³/mol. The minimum atomic E-state index is 0.108. The van der Waals surface area contributed by atoms with E-state index in [0.717, 1.165) is 11.3 Å². The number of amidine groups is 1. The van der Waals surface area contributed by atoms with E-state index in [4.69, 9.17) is 15.5 Å². The van der Waals surface area contributed by atoms with Crippen molar-refractivity contribution in [1.82, 2.24) is 10.5 Å². The maximum atomic E-state index is 8.54. The molecule has 0 amide bonds. The highest BCUT2D eigenvalue weighted by molar-refractivity contribution is 5.96. The molecule has 0 spiro atoms. The molecular formula is C12H14N4O2. The minimum Gasteiger partial charge on any atom is -0.409 e. The zero-order chi connectivity index (χ0) is 12.8. The first kappa shape index (κ1) is 12.1. The average Bonchev–Trinajstić information content (AvgIpc) is 2.92. The van der Waals surface area contributed by atoms with Gasteiger partial charge in [0.1, 0.15) is 6.26 Å². The number of nitrogens with two attached hydrogens (primary N) is 1. The summed E-state index contributed by atoms with van der Waals surface area (Å²) in [6.07, 6.45) is 1.54. The molecule has 0 aliphatic rings. The Balaban J connectivity index is 1.87. The predicted octanol–water partition coefficient (Wildman–Crippen LogP) is 1.06. The van der Waals surface area contributed by atoms with Crippen LogP contribution in [0.5, 0.6) is 0 Å². The largest absolute Gasteiger partial charge is 0.409 e. The molecule has 0 aliphatic heterocycles. The standard InChI is InChI=1S/C12H14N4O2/c13-12(15-17)10-3-1-9(2-4-10)7-14-8-11-5-6-18-16-11/h1-6,14,17H,7-8H2,(H2,13,15). The number of hydrogen-bond acceptors (Lipinski definition) is 5. The minimum absolute atomic E-state index is 0.108. The molecule has 2 rings (SSSR count). The lowest BCUT2D eigenvalue weighted by Gasteiger charge is -2.04. The number of rotatable bonds is 5. The topological polar surface area (TPSA) is 96.7 Å². The Morgan fingerprint density at radius 3 is 2.67 bits per heavy atom. The summed E-state index contributed by atoms with van der Waals surface area (Å²) in [6.45, 7) is 1.36. The van der Waals surface area contributed by atoms with Gasteiger partial charge < -0.3 is 20.8 Å². The monoisotopic (exact) mass is 246 g/mol. The van der Waals surface area contributed by atoms with Crippen LogP contribution in [0.2, 0.25) is 0 Å². The van der Waals surface area contributed by atoms with Gasteiger partial charge in [-0.15, -0.1) is 0 Å². The molecular weight excluding hydrogens is 232 g/mol. The summed E-state index contributed by atoms with van der Waals surface area (Å²) in [6, 6.07) is 9.27. The van der Waals surface area contributed by atoms with Crippen LogP contribution in [-0.4, -0.2) is 16.2 Å². The van der Waals surface area contributed by atoms with Crippen molar-refractivity contribution >= 4 is 5.84 Å². The Bertz CT molecular complexity index is 505. The van der Waals surface area contributed by atoms with Crippen molar-refractivity contribution in [2.75, 3.05) is 0 Å². The highest BCUT2D eigenvalue weighted by Gasteiger charge is 2.00. The fourth-order valence-corrected chi connectivity index (χ4v) is 1.51. The van der Waals surface area contributed by atoms with E-state index in [-0.39, 0.29) is 5.84 Å². The van der Waals surface area contributed by atoms with Crippen molar-refractivity contribution in [3.63, 3.8) is 0 Å². The van der Waals surface area contributed by atoms with Gasteiger partial charge in [0.05, 0.1) is 5.69 Å². The molecule has 1 heterocycles. The fraction of sp³-hybridized carbons (Fsp3) is 0.167. The van der Waals surface area contributed by atoms with Crippen LogP contribution in [0, 0.1) is 0 Å². The Morgan fingerprint density at radius 1 is 1.28 bits per heavy atom. The van der Waals surface area contributed by atoms with Gasteiger partial charge in [0.15, 0.2) is 5.84 Å². The first-order valence-corrected chi connectivity index (χ1v) is 5.46. The molecule has 2 aromatic rings. The van der Waals surface area contributed by atoms with E-state index in [1.54, 1.807) is 6.26 Å². The average molecular weight is 246 g/mol. The van der Waals surface area contributed by atoms with E-state index in [2.05, 4.69) is 15.6 Å². The van der Waals surface area contributed by atoms with Crippen LogP contribution in [-0.2, 0) is 13.1 Å². The highest BCUT2D eigenvalue weighted by atomic mass is 16.5. The number of oxime groups is 1. The molecule has 0 aliphatic carbocycles. The summed E-state index contributed by atoms with van der Waals surface area (Å²) in [5.41, 5.74) is 8.14. The van der Waals surface area contributed by atoms with E-state index >= 15 is 0 Å². The molecule has 0 bridgehead atoms. The van der Waals surface area contributed by atoms with Crippen LogP contribution >= 0.6 is 0 Å². The Kier molecular flexibility index (Phi) is 3.93. The smallest absolute Gasteiger partial charge is 0.170 e. The van der Waals surface area contributed by atoms with Crippen LogP contribution in [0.4, 0.5) is 0 Å². The van der Waals surface area contributed by atoms with Gasteiger partial charge in [-0.2, -0.15) is 0 Å². The quantitative estimate of drug-likeness (QED) is 0.317. The number of hydrogen-bond donors (Lipinski definition) is 3. The third-order valence-electron chi connectivity index (χ3n) is 2.48. The molecule has 1 aromatic carbocycles. The van der Waals surface area contributed by atoms with Gasteiger partial charge in [0.2, 0.25) is 0 Å². The summed E-state index contributed by atoms with van der Waals surface area (Å²) in [5.74, 6) is 0.108. The summed E-state index contributed by atoms with van der Waals surface area (Å²) < 4.78 is 4.73. The summed E-state index contributed by atoms with van der Waals surface area (Å²) in [5, 5.41) is 18.5. The van der Waals surface area contributed by atoms with Gasteiger partial charge in [0, 0.05) is 24.7 Å². The molecule has 4 N–H and O–H groups in total. The Morgan fingerprint density at radius 2 is 2.06 bits per heavy atom. The molecule has 6 nitrogen and oxygen atoms in total. The molecule has 18 heavy (non-hydrogen) atoms. The lowest BCUT2D eigenvalue weighted by Crippen LogP contribution is -2.14. The van der Waals surface area contributed by atoms with Gasteiger partial charge >= 0.3 is 0 Å². The molecule has 0 atom stereocenters. The van der Waals surface area contributed by atoms with Gasteiger partial charge in [-0.1, -0.05) is 34.6 Å². The van der Waals surface area contributed by atoms with E-state index in [1.165, 1.54) is 0 Å². The van der Waals surface area contributed by atoms with Gasteiger partial charge in [-0.3, -0.25) is 0 Å². The zero-order valence-corrected chi connectivity index (χ0v) is 9.71. The summed E-state index contributed by atoms with van der Waals surface area (Å²) >= 11 is 0. The van der Waals surface area contributed by atoms with Crippen LogP contribution in [0.1, 0.15) is 16.8 Å². The van der Waals surface area contributed by atoms with Crippen molar-refractivity contribution < 1.29 is 9.73 Å². The lowest BCUT2D eigenvalue weighted by molar-refractivity contribution is 0.318. The van der Waals surface area contributed by atoms with Crippen LogP contribution in [0.3, 0.4) is 0 Å². The maximum Gasteiger partial charge on any atom is 0.170 e. The van der Waals surface area contributed by atoms with Crippen molar-refractivity contribution in [3.05, 3.63) is 53.4 Å². The normalized spacial score (nSPS) is 11.7. The molecule has 0 saturated heterocycles. The molecule has 94 valence electrons. The van der Waals surface area contributed by atoms with E-state index in [9.17, 15) is 0 Å². The Labute approximate surface area is 104 Å². The molecule has 1 aromatic heterocycles. The molecule has 0 unspecified atom stereocenters. The second-order valence-electron chi connectivity index (χ2n) is 3.78. The first-order valence-electron chi connectivity index (χ1n) is 5.46.